The zero-order valence-electron chi connectivity index (χ0n) is 12.6. The Bertz CT molecular complexity index is 875. The maximum absolute atomic E-state index is 13.6. The summed E-state index contributed by atoms with van der Waals surface area (Å²) in [7, 11) is 0. The van der Waals surface area contributed by atoms with E-state index in [1.54, 1.807) is 19.2 Å². The highest BCUT2D eigenvalue weighted by atomic mass is 32.1. The fourth-order valence-corrected chi connectivity index (χ4v) is 3.75. The summed E-state index contributed by atoms with van der Waals surface area (Å²) >= 11 is 1.27. The number of rotatable bonds is 2. The zero-order valence-corrected chi connectivity index (χ0v) is 13.4. The van der Waals surface area contributed by atoms with Gasteiger partial charge in [0.05, 0.1) is 27.7 Å². The average Bonchev–Trinajstić information content (AvgIpc) is 3.11. The topological polar surface area (TPSA) is 59.8 Å². The van der Waals surface area contributed by atoms with Crippen LogP contribution in [0, 0.1) is 12.7 Å². The van der Waals surface area contributed by atoms with Crippen LogP contribution < -0.4 is 5.32 Å². The molecular formula is C16H15FN4OS. The molecule has 0 unspecified atom stereocenters. The van der Waals surface area contributed by atoms with Crippen molar-refractivity contribution in [3.05, 3.63) is 41.0 Å². The summed E-state index contributed by atoms with van der Waals surface area (Å²) < 4.78 is 16.2. The van der Waals surface area contributed by atoms with Crippen LogP contribution in [0.3, 0.4) is 0 Å². The minimum absolute atomic E-state index is 0.204. The second-order valence-corrected chi connectivity index (χ2v) is 6.76. The number of hydrogen-bond donors (Lipinski definition) is 1. The van der Waals surface area contributed by atoms with Crippen molar-refractivity contribution in [1.82, 2.24) is 14.8 Å². The van der Waals surface area contributed by atoms with Crippen LogP contribution in [0.5, 0.6) is 0 Å². The Hall–Kier alpha value is -2.28. The molecule has 0 radical (unpaired) electrons. The molecule has 0 spiro atoms. The minimum Gasteiger partial charge on any atom is -0.298 e. The molecule has 0 atom stereocenters. The first-order valence-corrected chi connectivity index (χ1v) is 8.36. The number of amides is 1. The molecule has 118 valence electrons. The fraction of sp³-hybridized carbons (Fsp3) is 0.312. The van der Waals surface area contributed by atoms with E-state index in [4.69, 9.17) is 0 Å². The molecule has 1 N–H and O–H groups in total. The van der Waals surface area contributed by atoms with Crippen molar-refractivity contribution >= 4 is 32.6 Å². The van der Waals surface area contributed by atoms with E-state index in [1.807, 2.05) is 4.68 Å². The Kier molecular flexibility index (Phi) is 3.37. The fourth-order valence-electron chi connectivity index (χ4n) is 2.88. The highest BCUT2D eigenvalue weighted by molar-refractivity contribution is 7.22. The van der Waals surface area contributed by atoms with E-state index < -0.39 is 0 Å². The first kappa shape index (κ1) is 14.3. The van der Waals surface area contributed by atoms with Crippen molar-refractivity contribution < 1.29 is 9.18 Å². The van der Waals surface area contributed by atoms with Crippen LogP contribution in [0.25, 0.3) is 10.2 Å². The molecule has 3 heterocycles. The lowest BCUT2D eigenvalue weighted by Crippen LogP contribution is -2.17. The number of aromatic nitrogens is 3. The van der Waals surface area contributed by atoms with Gasteiger partial charge in [0, 0.05) is 6.54 Å². The summed E-state index contributed by atoms with van der Waals surface area (Å²) in [5.41, 5.74) is 2.83. The number of carbonyl (C=O) groups is 1. The lowest BCUT2D eigenvalue weighted by molar-refractivity contribution is 0.102. The van der Waals surface area contributed by atoms with Crippen LogP contribution in [-0.2, 0) is 13.0 Å². The Balaban J connectivity index is 1.62. The van der Waals surface area contributed by atoms with Crippen molar-refractivity contribution in [3.63, 3.8) is 0 Å². The predicted octanol–water partition coefficient (Wildman–Crippen LogP) is 3.53. The third-order valence-electron chi connectivity index (χ3n) is 4.12. The third kappa shape index (κ3) is 2.50. The number of halogens is 1. The Labute approximate surface area is 136 Å². The molecule has 0 bridgehead atoms. The molecule has 23 heavy (non-hydrogen) atoms. The van der Waals surface area contributed by atoms with Gasteiger partial charge in [-0.25, -0.2) is 9.37 Å². The number of nitrogens with one attached hydrogen (secondary N) is 1. The van der Waals surface area contributed by atoms with Crippen LogP contribution in [0.1, 0.15) is 34.5 Å². The molecule has 0 fully saturated rings. The summed E-state index contributed by atoms with van der Waals surface area (Å²) in [6.07, 6.45) is 4.66. The monoisotopic (exact) mass is 330 g/mol. The second-order valence-electron chi connectivity index (χ2n) is 5.73. The summed E-state index contributed by atoms with van der Waals surface area (Å²) in [5.74, 6) is -0.464. The molecule has 5 nitrogen and oxygen atoms in total. The molecule has 1 aromatic carbocycles. The number of carbonyl (C=O) groups excluding carboxylic acids is 1. The summed E-state index contributed by atoms with van der Waals surface area (Å²) in [6.45, 7) is 2.56. The average molecular weight is 330 g/mol. The van der Waals surface area contributed by atoms with Crippen LogP contribution in [0.15, 0.2) is 18.3 Å². The highest BCUT2D eigenvalue weighted by Gasteiger charge is 2.20. The molecule has 2 aromatic heterocycles. The lowest BCUT2D eigenvalue weighted by Gasteiger charge is -2.14. The van der Waals surface area contributed by atoms with Gasteiger partial charge >= 0.3 is 0 Å². The molecular weight excluding hydrogens is 315 g/mol. The minimum atomic E-state index is -0.260. The molecule has 4 rings (SSSR count). The number of nitrogens with zero attached hydrogens (tertiary/aromatic N) is 3. The molecule has 1 amide bonds. The van der Waals surface area contributed by atoms with Crippen molar-refractivity contribution in [2.75, 3.05) is 5.32 Å². The van der Waals surface area contributed by atoms with E-state index in [0.29, 0.717) is 21.8 Å². The second kappa shape index (κ2) is 5.42. The molecule has 0 saturated carbocycles. The first-order valence-electron chi connectivity index (χ1n) is 7.54. The van der Waals surface area contributed by atoms with E-state index in [9.17, 15) is 9.18 Å². The number of fused-ring (bicyclic) bond motifs is 2. The van der Waals surface area contributed by atoms with Gasteiger partial charge in [0.25, 0.3) is 5.91 Å². The molecule has 3 aromatic rings. The molecule has 1 aliphatic rings. The van der Waals surface area contributed by atoms with Crippen molar-refractivity contribution in [2.45, 2.75) is 32.7 Å². The SMILES string of the molecule is Cc1cc2nc(NC(=O)c3cnn4c3CCCC4)sc2cc1F. The van der Waals surface area contributed by atoms with E-state index in [0.717, 1.165) is 36.2 Å². The number of aryl methyl sites for hydroxylation is 2. The molecule has 0 saturated heterocycles. The predicted molar refractivity (Wildman–Crippen MR) is 87.4 cm³/mol. The maximum Gasteiger partial charge on any atom is 0.260 e. The third-order valence-corrected chi connectivity index (χ3v) is 5.05. The van der Waals surface area contributed by atoms with Gasteiger partial charge < -0.3 is 0 Å². The highest BCUT2D eigenvalue weighted by Crippen LogP contribution is 2.28. The smallest absolute Gasteiger partial charge is 0.260 e. The number of anilines is 1. The lowest BCUT2D eigenvalue weighted by atomic mass is 10.1. The van der Waals surface area contributed by atoms with E-state index in [2.05, 4.69) is 15.4 Å². The zero-order chi connectivity index (χ0) is 16.0. The molecule has 7 heteroatoms. The van der Waals surface area contributed by atoms with Gasteiger partial charge in [-0.2, -0.15) is 5.10 Å². The Morgan fingerprint density at radius 3 is 3.13 bits per heavy atom. The summed E-state index contributed by atoms with van der Waals surface area (Å²) in [6, 6.07) is 3.15. The molecule has 1 aliphatic heterocycles. The molecule has 0 aliphatic carbocycles. The van der Waals surface area contributed by atoms with Crippen LogP contribution >= 0.6 is 11.3 Å². The quantitative estimate of drug-likeness (QED) is 0.782. The van der Waals surface area contributed by atoms with Gasteiger partial charge in [0.1, 0.15) is 5.82 Å². The summed E-state index contributed by atoms with van der Waals surface area (Å²) in [5, 5.41) is 7.57. The largest absolute Gasteiger partial charge is 0.298 e. The Morgan fingerprint density at radius 2 is 2.26 bits per heavy atom. The normalized spacial score (nSPS) is 14.0. The van der Waals surface area contributed by atoms with Crippen LogP contribution in [-0.4, -0.2) is 20.7 Å². The van der Waals surface area contributed by atoms with Gasteiger partial charge in [-0.1, -0.05) is 11.3 Å². The maximum atomic E-state index is 13.6. The van der Waals surface area contributed by atoms with E-state index >= 15 is 0 Å². The Morgan fingerprint density at radius 1 is 1.39 bits per heavy atom. The van der Waals surface area contributed by atoms with E-state index in [1.165, 1.54) is 17.4 Å². The van der Waals surface area contributed by atoms with Crippen molar-refractivity contribution in [1.29, 1.82) is 0 Å². The van der Waals surface area contributed by atoms with E-state index in [-0.39, 0.29) is 11.7 Å². The standard InChI is InChI=1S/C16H15FN4OS/c1-9-6-12-14(7-11(9)17)23-16(19-12)20-15(22)10-8-18-21-5-3-2-4-13(10)21/h6-8H,2-5H2,1H3,(H,19,20,22). The van der Waals surface area contributed by atoms with Crippen molar-refractivity contribution in [2.24, 2.45) is 0 Å². The van der Waals surface area contributed by atoms with Gasteiger partial charge in [0.15, 0.2) is 5.13 Å². The number of benzene rings is 1. The van der Waals surface area contributed by atoms with Gasteiger partial charge in [-0.15, -0.1) is 0 Å². The summed E-state index contributed by atoms with van der Waals surface area (Å²) in [4.78, 5) is 16.9. The van der Waals surface area contributed by atoms with Crippen molar-refractivity contribution in [3.8, 4) is 0 Å². The van der Waals surface area contributed by atoms with Crippen LogP contribution in [0.2, 0.25) is 0 Å². The van der Waals surface area contributed by atoms with Gasteiger partial charge in [-0.3, -0.25) is 14.8 Å². The number of thiazole rings is 1. The first-order chi connectivity index (χ1) is 11.1. The van der Waals surface area contributed by atoms with Gasteiger partial charge in [-0.05, 0) is 43.9 Å². The van der Waals surface area contributed by atoms with Crippen LogP contribution in [0.4, 0.5) is 9.52 Å². The number of hydrogen-bond acceptors (Lipinski definition) is 4. The van der Waals surface area contributed by atoms with Gasteiger partial charge in [0.2, 0.25) is 0 Å².